The molecule has 0 bridgehead atoms. The maximum Gasteiger partial charge on any atom is 0.110 e. The first-order chi connectivity index (χ1) is 9.81. The summed E-state index contributed by atoms with van der Waals surface area (Å²) in [7, 11) is 0. The zero-order valence-corrected chi connectivity index (χ0v) is 12.7. The van der Waals surface area contributed by atoms with Gasteiger partial charge in [0.2, 0.25) is 0 Å². The Morgan fingerprint density at radius 2 is 2.30 bits per heavy atom. The largest absolute Gasteiger partial charge is 0.335 e. The average molecular weight is 290 g/mol. The molecule has 1 aliphatic rings. The van der Waals surface area contributed by atoms with Crippen molar-refractivity contribution in [3.05, 3.63) is 39.6 Å². The summed E-state index contributed by atoms with van der Waals surface area (Å²) in [5.41, 5.74) is 4.51. The fourth-order valence-corrected chi connectivity index (χ4v) is 4.25. The second kappa shape index (κ2) is 6.08. The second-order valence-electron chi connectivity index (χ2n) is 5.36. The molecule has 0 saturated heterocycles. The molecule has 0 aliphatic heterocycles. The van der Waals surface area contributed by atoms with Gasteiger partial charge in [-0.1, -0.05) is 0 Å². The van der Waals surface area contributed by atoms with Gasteiger partial charge >= 0.3 is 0 Å². The van der Waals surface area contributed by atoms with Crippen molar-refractivity contribution in [2.24, 2.45) is 5.84 Å². The van der Waals surface area contributed by atoms with Gasteiger partial charge in [0.25, 0.3) is 0 Å². The van der Waals surface area contributed by atoms with Crippen LogP contribution in [0.5, 0.6) is 0 Å². The molecule has 1 aliphatic carbocycles. The normalized spacial score (nSPS) is 16.1. The van der Waals surface area contributed by atoms with E-state index in [1.54, 1.807) is 4.88 Å². The minimum absolute atomic E-state index is 0.165. The lowest BCUT2D eigenvalue weighted by Crippen LogP contribution is -2.29. The molecule has 3 rings (SSSR count). The number of hydrazine groups is 1. The Labute approximate surface area is 124 Å². The van der Waals surface area contributed by atoms with Gasteiger partial charge in [-0.3, -0.25) is 11.3 Å². The second-order valence-corrected chi connectivity index (χ2v) is 6.53. The van der Waals surface area contributed by atoms with Gasteiger partial charge in [0.15, 0.2) is 0 Å². The number of fused-ring (bicyclic) bond motifs is 1. The molecule has 1 atom stereocenters. The number of hydrogen-bond donors (Lipinski definition) is 2. The van der Waals surface area contributed by atoms with E-state index < -0.39 is 0 Å². The van der Waals surface area contributed by atoms with E-state index in [2.05, 4.69) is 28.0 Å². The molecular weight excluding hydrogens is 268 g/mol. The van der Waals surface area contributed by atoms with Crippen LogP contribution in [0.3, 0.4) is 0 Å². The first-order valence-electron chi connectivity index (χ1n) is 7.39. The van der Waals surface area contributed by atoms with Crippen LogP contribution in [0, 0.1) is 0 Å². The van der Waals surface area contributed by atoms with E-state index in [4.69, 9.17) is 5.84 Å². The van der Waals surface area contributed by atoms with Gasteiger partial charge in [-0.05, 0) is 44.2 Å². The molecule has 3 N–H and O–H groups in total. The van der Waals surface area contributed by atoms with Gasteiger partial charge in [-0.15, -0.1) is 11.3 Å². The molecule has 0 amide bonds. The van der Waals surface area contributed by atoms with E-state index in [-0.39, 0.29) is 6.04 Å². The number of aromatic nitrogens is 2. The Balaban J connectivity index is 1.81. The SMILES string of the molecule is CCn1ccnc1CC(NN)c1cc2c(s1)CCCC2. The zero-order chi connectivity index (χ0) is 13.9. The average Bonchev–Trinajstić information content (AvgIpc) is 3.10. The smallest absolute Gasteiger partial charge is 0.110 e. The van der Waals surface area contributed by atoms with Crippen LogP contribution in [0.4, 0.5) is 0 Å². The van der Waals surface area contributed by atoms with Crippen LogP contribution in [0.15, 0.2) is 18.5 Å². The molecule has 2 heterocycles. The van der Waals surface area contributed by atoms with Crippen molar-refractivity contribution in [3.8, 4) is 0 Å². The minimum Gasteiger partial charge on any atom is -0.335 e. The molecule has 20 heavy (non-hydrogen) atoms. The zero-order valence-electron chi connectivity index (χ0n) is 11.9. The predicted molar refractivity (Wildman–Crippen MR) is 82.6 cm³/mol. The number of thiophene rings is 1. The van der Waals surface area contributed by atoms with Crippen LogP contribution in [0.25, 0.3) is 0 Å². The van der Waals surface area contributed by atoms with Crippen molar-refractivity contribution in [2.45, 2.75) is 51.6 Å². The third-order valence-corrected chi connectivity index (χ3v) is 5.44. The van der Waals surface area contributed by atoms with E-state index in [1.807, 2.05) is 23.7 Å². The van der Waals surface area contributed by atoms with E-state index >= 15 is 0 Å². The van der Waals surface area contributed by atoms with Crippen LogP contribution >= 0.6 is 11.3 Å². The van der Waals surface area contributed by atoms with Gasteiger partial charge in [-0.25, -0.2) is 4.98 Å². The highest BCUT2D eigenvalue weighted by Gasteiger charge is 2.20. The minimum atomic E-state index is 0.165. The van der Waals surface area contributed by atoms with Crippen molar-refractivity contribution in [1.82, 2.24) is 15.0 Å². The first kappa shape index (κ1) is 13.8. The Hall–Kier alpha value is -1.17. The summed E-state index contributed by atoms with van der Waals surface area (Å²) in [6.45, 7) is 3.09. The lowest BCUT2D eigenvalue weighted by Gasteiger charge is -2.14. The summed E-state index contributed by atoms with van der Waals surface area (Å²) in [5, 5.41) is 0. The molecule has 2 aromatic rings. The monoisotopic (exact) mass is 290 g/mol. The summed E-state index contributed by atoms with van der Waals surface area (Å²) in [6, 6.07) is 2.52. The highest BCUT2D eigenvalue weighted by molar-refractivity contribution is 7.12. The van der Waals surface area contributed by atoms with Crippen LogP contribution in [-0.4, -0.2) is 9.55 Å². The molecule has 5 heteroatoms. The first-order valence-corrected chi connectivity index (χ1v) is 8.21. The third-order valence-electron chi connectivity index (χ3n) is 4.09. The van der Waals surface area contributed by atoms with E-state index in [1.165, 1.54) is 36.1 Å². The van der Waals surface area contributed by atoms with Gasteiger partial charge in [-0.2, -0.15) is 0 Å². The number of rotatable bonds is 5. The van der Waals surface area contributed by atoms with Crippen molar-refractivity contribution >= 4 is 11.3 Å². The molecule has 0 saturated carbocycles. The summed E-state index contributed by atoms with van der Waals surface area (Å²) in [6.07, 6.45) is 9.86. The topological polar surface area (TPSA) is 55.9 Å². The Morgan fingerprint density at radius 1 is 1.45 bits per heavy atom. The molecule has 4 nitrogen and oxygen atoms in total. The number of aryl methyl sites for hydroxylation is 3. The number of nitrogens with one attached hydrogen (secondary N) is 1. The van der Waals surface area contributed by atoms with E-state index in [0.717, 1.165) is 18.8 Å². The summed E-state index contributed by atoms with van der Waals surface area (Å²) in [4.78, 5) is 7.37. The highest BCUT2D eigenvalue weighted by atomic mass is 32.1. The molecule has 0 aromatic carbocycles. The van der Waals surface area contributed by atoms with Crippen molar-refractivity contribution in [3.63, 3.8) is 0 Å². The van der Waals surface area contributed by atoms with E-state index in [0.29, 0.717) is 0 Å². The lowest BCUT2D eigenvalue weighted by molar-refractivity contribution is 0.530. The maximum absolute atomic E-state index is 5.79. The summed E-state index contributed by atoms with van der Waals surface area (Å²) in [5.74, 6) is 6.89. The quantitative estimate of drug-likeness (QED) is 0.657. The standard InChI is InChI=1S/C15H22N4S/c1-2-19-8-7-17-15(19)10-12(18-16)14-9-11-5-3-4-6-13(11)20-14/h7-9,12,18H,2-6,10,16H2,1H3. The fraction of sp³-hybridized carbons (Fsp3) is 0.533. The van der Waals surface area contributed by atoms with Crippen molar-refractivity contribution in [1.29, 1.82) is 0 Å². The molecular formula is C15H22N4S. The summed E-state index contributed by atoms with van der Waals surface area (Å²) < 4.78 is 2.18. The Morgan fingerprint density at radius 3 is 3.05 bits per heavy atom. The number of nitrogens with zero attached hydrogens (tertiary/aromatic N) is 2. The molecule has 1 unspecified atom stereocenters. The number of nitrogens with two attached hydrogens (primary N) is 1. The third kappa shape index (κ3) is 2.66. The molecule has 0 fully saturated rings. The van der Waals surface area contributed by atoms with Crippen LogP contribution in [-0.2, 0) is 25.8 Å². The van der Waals surface area contributed by atoms with Crippen molar-refractivity contribution in [2.75, 3.05) is 0 Å². The molecule has 2 aromatic heterocycles. The van der Waals surface area contributed by atoms with Gasteiger partial charge in [0, 0.05) is 35.1 Å². The molecule has 0 spiro atoms. The molecule has 108 valence electrons. The lowest BCUT2D eigenvalue weighted by atomic mass is 9.98. The van der Waals surface area contributed by atoms with E-state index in [9.17, 15) is 0 Å². The van der Waals surface area contributed by atoms with Crippen molar-refractivity contribution < 1.29 is 0 Å². The Bertz CT molecular complexity index is 549. The molecule has 0 radical (unpaired) electrons. The summed E-state index contributed by atoms with van der Waals surface area (Å²) >= 11 is 1.92. The van der Waals surface area contributed by atoms with Crippen LogP contribution in [0.1, 0.15) is 46.9 Å². The predicted octanol–water partition coefficient (Wildman–Crippen LogP) is 2.59. The maximum atomic E-state index is 5.79. The number of imidazole rings is 1. The van der Waals surface area contributed by atoms with Gasteiger partial charge < -0.3 is 4.57 Å². The number of hydrogen-bond acceptors (Lipinski definition) is 4. The van der Waals surface area contributed by atoms with Gasteiger partial charge in [0.05, 0.1) is 6.04 Å². The van der Waals surface area contributed by atoms with Crippen LogP contribution < -0.4 is 11.3 Å². The highest BCUT2D eigenvalue weighted by Crippen LogP contribution is 2.33. The van der Waals surface area contributed by atoms with Gasteiger partial charge in [0.1, 0.15) is 5.82 Å². The fourth-order valence-electron chi connectivity index (χ4n) is 2.93. The van der Waals surface area contributed by atoms with Crippen LogP contribution in [0.2, 0.25) is 0 Å². The Kier molecular flexibility index (Phi) is 4.19.